The normalized spacial score (nSPS) is 15.8. The Labute approximate surface area is 152 Å². The third kappa shape index (κ3) is 3.92. The van der Waals surface area contributed by atoms with E-state index in [1.54, 1.807) is 0 Å². The summed E-state index contributed by atoms with van der Waals surface area (Å²) >= 11 is 0. The lowest BCUT2D eigenvalue weighted by molar-refractivity contribution is -0.150. The molecule has 138 valence electrons. The Balaban J connectivity index is 1.67. The molecular formula is C19H24N4O3. The van der Waals surface area contributed by atoms with E-state index in [2.05, 4.69) is 15.4 Å². The first-order valence-corrected chi connectivity index (χ1v) is 8.88. The number of rotatable bonds is 6. The Kier molecular flexibility index (Phi) is 5.06. The van der Waals surface area contributed by atoms with E-state index in [1.807, 2.05) is 42.8 Å². The number of hydrogen-bond acceptors (Lipinski definition) is 4. The zero-order valence-electron chi connectivity index (χ0n) is 15.2. The van der Waals surface area contributed by atoms with E-state index in [0.29, 0.717) is 25.1 Å². The maximum absolute atomic E-state index is 12.4. The molecule has 0 unspecified atom stereocenters. The Bertz CT molecular complexity index is 822. The fraction of sp³-hybridized carbons (Fsp3) is 0.474. The molecule has 26 heavy (non-hydrogen) atoms. The van der Waals surface area contributed by atoms with Crippen LogP contribution in [0.15, 0.2) is 24.3 Å². The lowest BCUT2D eigenvalue weighted by atomic mass is 9.82. The van der Waals surface area contributed by atoms with Gasteiger partial charge in [-0.1, -0.05) is 25.0 Å². The van der Waals surface area contributed by atoms with Gasteiger partial charge < -0.3 is 10.4 Å². The smallest absolute Gasteiger partial charge is 0.310 e. The van der Waals surface area contributed by atoms with Gasteiger partial charge >= 0.3 is 5.97 Å². The fourth-order valence-corrected chi connectivity index (χ4v) is 3.66. The van der Waals surface area contributed by atoms with Crippen LogP contribution in [0.2, 0.25) is 0 Å². The molecule has 1 heterocycles. The van der Waals surface area contributed by atoms with Crippen LogP contribution >= 0.6 is 0 Å². The molecule has 1 aromatic carbocycles. The summed E-state index contributed by atoms with van der Waals surface area (Å²) < 4.78 is 1.81. The van der Waals surface area contributed by atoms with Gasteiger partial charge in [0.05, 0.1) is 12.0 Å². The number of aliphatic carboxylic acids is 1. The van der Waals surface area contributed by atoms with Crippen LogP contribution in [0.5, 0.6) is 0 Å². The molecule has 0 bridgehead atoms. The van der Waals surface area contributed by atoms with E-state index in [1.165, 1.54) is 0 Å². The molecular weight excluding hydrogens is 332 g/mol. The zero-order valence-corrected chi connectivity index (χ0v) is 15.2. The molecule has 1 amide bonds. The summed E-state index contributed by atoms with van der Waals surface area (Å²) in [4.78, 5) is 28.3. The van der Waals surface area contributed by atoms with Crippen molar-refractivity contribution in [1.82, 2.24) is 14.8 Å². The van der Waals surface area contributed by atoms with Crippen molar-refractivity contribution in [2.45, 2.75) is 52.5 Å². The molecule has 1 aliphatic carbocycles. The SMILES string of the molecule is Cc1nc(C)n(Cc2cccc(NC(=O)CC3(C(=O)O)CCCC3)c2)n1. The van der Waals surface area contributed by atoms with E-state index in [4.69, 9.17) is 0 Å². The summed E-state index contributed by atoms with van der Waals surface area (Å²) in [6, 6.07) is 7.52. The number of nitrogens with zero attached hydrogens (tertiary/aromatic N) is 3. The van der Waals surface area contributed by atoms with Gasteiger partial charge in [0.2, 0.25) is 5.91 Å². The number of carbonyl (C=O) groups excluding carboxylic acids is 1. The number of nitrogens with one attached hydrogen (secondary N) is 1. The van der Waals surface area contributed by atoms with Crippen molar-refractivity contribution < 1.29 is 14.7 Å². The van der Waals surface area contributed by atoms with Gasteiger partial charge in [0, 0.05) is 12.1 Å². The Morgan fingerprint density at radius 3 is 2.62 bits per heavy atom. The van der Waals surface area contributed by atoms with Crippen molar-refractivity contribution >= 4 is 17.6 Å². The summed E-state index contributed by atoms with van der Waals surface area (Å²) in [6.45, 7) is 4.31. The highest BCUT2D eigenvalue weighted by molar-refractivity contribution is 5.94. The van der Waals surface area contributed by atoms with Crippen LogP contribution < -0.4 is 5.32 Å². The number of hydrogen-bond donors (Lipinski definition) is 2. The largest absolute Gasteiger partial charge is 0.481 e. The predicted molar refractivity (Wildman–Crippen MR) is 96.8 cm³/mol. The summed E-state index contributed by atoms with van der Waals surface area (Å²) in [5.74, 6) is 0.444. The van der Waals surface area contributed by atoms with Gasteiger partial charge in [-0.2, -0.15) is 5.10 Å². The molecule has 1 aromatic heterocycles. The average Bonchev–Trinajstić information content (AvgIpc) is 3.15. The van der Waals surface area contributed by atoms with Crippen LogP contribution in [0.4, 0.5) is 5.69 Å². The number of carboxylic acids is 1. The maximum Gasteiger partial charge on any atom is 0.310 e. The van der Waals surface area contributed by atoms with Crippen molar-refractivity contribution in [3.63, 3.8) is 0 Å². The fourth-order valence-electron chi connectivity index (χ4n) is 3.66. The minimum absolute atomic E-state index is 0.0218. The Morgan fingerprint density at radius 2 is 2.00 bits per heavy atom. The lowest BCUT2D eigenvalue weighted by Gasteiger charge is -2.22. The van der Waals surface area contributed by atoms with Gasteiger partial charge in [-0.15, -0.1) is 0 Å². The zero-order chi connectivity index (χ0) is 18.7. The predicted octanol–water partition coefficient (Wildman–Crippen LogP) is 2.92. The van der Waals surface area contributed by atoms with Crippen LogP contribution in [0.1, 0.15) is 49.3 Å². The first kappa shape index (κ1) is 18.1. The Morgan fingerprint density at radius 1 is 1.27 bits per heavy atom. The molecule has 0 saturated heterocycles. The van der Waals surface area contributed by atoms with Crippen LogP contribution in [0, 0.1) is 19.3 Å². The average molecular weight is 356 g/mol. The quantitative estimate of drug-likeness (QED) is 0.829. The lowest BCUT2D eigenvalue weighted by Crippen LogP contribution is -2.32. The van der Waals surface area contributed by atoms with Gasteiger partial charge in [0.15, 0.2) is 0 Å². The minimum Gasteiger partial charge on any atom is -0.481 e. The molecule has 1 fully saturated rings. The van der Waals surface area contributed by atoms with Gasteiger partial charge in [0.1, 0.15) is 11.6 Å². The van der Waals surface area contributed by atoms with Crippen molar-refractivity contribution in [1.29, 1.82) is 0 Å². The minimum atomic E-state index is -0.906. The van der Waals surface area contributed by atoms with E-state index in [-0.39, 0.29) is 12.3 Å². The van der Waals surface area contributed by atoms with Crippen molar-refractivity contribution in [3.05, 3.63) is 41.5 Å². The summed E-state index contributed by atoms with van der Waals surface area (Å²) in [6.07, 6.45) is 2.90. The van der Waals surface area contributed by atoms with Crippen LogP contribution in [0.3, 0.4) is 0 Å². The molecule has 2 N–H and O–H groups in total. The highest BCUT2D eigenvalue weighted by atomic mass is 16.4. The third-order valence-corrected chi connectivity index (χ3v) is 5.02. The molecule has 2 aromatic rings. The standard InChI is InChI=1S/C19H24N4O3/c1-13-20-14(2)23(22-13)12-15-6-5-7-16(10-15)21-17(24)11-19(18(25)26)8-3-4-9-19/h5-7,10H,3-4,8-9,11-12H2,1-2H3,(H,21,24)(H,25,26). The van der Waals surface area contributed by atoms with Crippen molar-refractivity contribution in [2.24, 2.45) is 5.41 Å². The van der Waals surface area contributed by atoms with Crippen LogP contribution in [0.25, 0.3) is 0 Å². The van der Waals surface area contributed by atoms with Crippen LogP contribution in [-0.2, 0) is 16.1 Å². The molecule has 1 saturated carbocycles. The number of anilines is 1. The summed E-state index contributed by atoms with van der Waals surface area (Å²) in [5, 5.41) is 16.7. The van der Waals surface area contributed by atoms with E-state index in [9.17, 15) is 14.7 Å². The highest BCUT2D eigenvalue weighted by Gasteiger charge is 2.42. The number of aryl methyl sites for hydroxylation is 2. The monoisotopic (exact) mass is 356 g/mol. The van der Waals surface area contributed by atoms with Gasteiger partial charge in [-0.05, 0) is 44.4 Å². The van der Waals surface area contributed by atoms with Gasteiger partial charge in [-0.3, -0.25) is 9.59 Å². The molecule has 0 spiro atoms. The second kappa shape index (κ2) is 7.27. The summed E-state index contributed by atoms with van der Waals surface area (Å²) in [7, 11) is 0. The van der Waals surface area contributed by atoms with E-state index < -0.39 is 11.4 Å². The van der Waals surface area contributed by atoms with E-state index >= 15 is 0 Å². The second-order valence-corrected chi connectivity index (χ2v) is 7.08. The second-order valence-electron chi connectivity index (χ2n) is 7.08. The molecule has 3 rings (SSSR count). The number of amides is 1. The number of carbonyl (C=O) groups is 2. The molecule has 0 radical (unpaired) electrons. The third-order valence-electron chi connectivity index (χ3n) is 5.02. The molecule has 1 aliphatic rings. The first-order chi connectivity index (χ1) is 12.4. The van der Waals surface area contributed by atoms with Crippen molar-refractivity contribution in [3.8, 4) is 0 Å². The maximum atomic E-state index is 12.4. The first-order valence-electron chi connectivity index (χ1n) is 8.88. The number of benzene rings is 1. The van der Waals surface area contributed by atoms with Crippen molar-refractivity contribution in [2.75, 3.05) is 5.32 Å². The number of aromatic nitrogens is 3. The Hall–Kier alpha value is -2.70. The number of carboxylic acid groups (broad SMARTS) is 1. The topological polar surface area (TPSA) is 97.1 Å². The molecule has 0 atom stereocenters. The molecule has 7 nitrogen and oxygen atoms in total. The highest BCUT2D eigenvalue weighted by Crippen LogP contribution is 2.41. The van der Waals surface area contributed by atoms with E-state index in [0.717, 1.165) is 30.1 Å². The molecule has 7 heteroatoms. The van der Waals surface area contributed by atoms with Crippen LogP contribution in [-0.4, -0.2) is 31.7 Å². The van der Waals surface area contributed by atoms with Gasteiger partial charge in [0.25, 0.3) is 0 Å². The van der Waals surface area contributed by atoms with Gasteiger partial charge in [-0.25, -0.2) is 9.67 Å². The molecule has 0 aliphatic heterocycles. The summed E-state index contributed by atoms with van der Waals surface area (Å²) in [5.41, 5.74) is 0.752.